The Bertz CT molecular complexity index is 1060. The first-order valence-corrected chi connectivity index (χ1v) is 9.18. The number of primary amides is 1. The van der Waals surface area contributed by atoms with Crippen LogP contribution in [0.25, 0.3) is 10.9 Å². The normalized spacial score (nSPS) is 12.8. The molecule has 0 aliphatic heterocycles. The molecule has 27 heavy (non-hydrogen) atoms. The predicted octanol–water partition coefficient (Wildman–Crippen LogP) is 3.41. The maximum Gasteiger partial charge on any atom is 0.252 e. The highest BCUT2D eigenvalue weighted by Crippen LogP contribution is 2.31. The number of pyridine rings is 1. The molecule has 2 aromatic carbocycles. The Morgan fingerprint density at radius 1 is 1.11 bits per heavy atom. The number of amides is 2. The van der Waals surface area contributed by atoms with Gasteiger partial charge in [-0.25, -0.2) is 0 Å². The predicted molar refractivity (Wildman–Crippen MR) is 105 cm³/mol. The zero-order chi connectivity index (χ0) is 19.0. The molecule has 1 aliphatic rings. The molecule has 0 bridgehead atoms. The summed E-state index contributed by atoms with van der Waals surface area (Å²) >= 11 is 6.16. The SMILES string of the molecule is NC(=O)c1ccc(CNC(=O)c2c3c(nc4ccc(Cl)cc24)CCC3)cc1. The minimum atomic E-state index is -0.471. The fourth-order valence-corrected chi connectivity index (χ4v) is 3.72. The fraction of sp³-hybridized carbons (Fsp3) is 0.190. The molecule has 0 fully saturated rings. The first-order chi connectivity index (χ1) is 13.0. The van der Waals surface area contributed by atoms with Crippen LogP contribution in [0.15, 0.2) is 42.5 Å². The lowest BCUT2D eigenvalue weighted by molar-refractivity contribution is 0.0950. The van der Waals surface area contributed by atoms with Crippen LogP contribution in [0.4, 0.5) is 0 Å². The molecule has 0 spiro atoms. The Balaban J connectivity index is 1.64. The minimum absolute atomic E-state index is 0.137. The largest absolute Gasteiger partial charge is 0.366 e. The van der Waals surface area contributed by atoms with E-state index in [9.17, 15) is 9.59 Å². The molecule has 6 heteroatoms. The smallest absolute Gasteiger partial charge is 0.252 e. The molecule has 0 saturated carbocycles. The molecule has 1 aliphatic carbocycles. The van der Waals surface area contributed by atoms with Gasteiger partial charge in [0, 0.05) is 28.2 Å². The molecular weight excluding hydrogens is 362 g/mol. The number of halogens is 1. The molecule has 136 valence electrons. The van der Waals surface area contributed by atoms with Crippen LogP contribution in [0.5, 0.6) is 0 Å². The second kappa shape index (κ2) is 7.00. The summed E-state index contributed by atoms with van der Waals surface area (Å²) in [7, 11) is 0. The van der Waals surface area contributed by atoms with E-state index in [0.29, 0.717) is 22.7 Å². The van der Waals surface area contributed by atoms with Gasteiger partial charge in [0.1, 0.15) is 0 Å². The average molecular weight is 380 g/mol. The van der Waals surface area contributed by atoms with E-state index in [0.717, 1.165) is 47.0 Å². The zero-order valence-electron chi connectivity index (χ0n) is 14.6. The first-order valence-electron chi connectivity index (χ1n) is 8.81. The third-order valence-corrected chi connectivity index (χ3v) is 5.13. The number of hydrogen-bond donors (Lipinski definition) is 2. The number of aryl methyl sites for hydroxylation is 1. The lowest BCUT2D eigenvalue weighted by Gasteiger charge is -2.13. The lowest BCUT2D eigenvalue weighted by atomic mass is 10.0. The number of fused-ring (bicyclic) bond motifs is 2. The Morgan fingerprint density at radius 3 is 2.63 bits per heavy atom. The van der Waals surface area contributed by atoms with E-state index in [1.165, 1.54) is 0 Å². The van der Waals surface area contributed by atoms with E-state index >= 15 is 0 Å². The van der Waals surface area contributed by atoms with Gasteiger partial charge in [-0.05, 0) is 60.7 Å². The van der Waals surface area contributed by atoms with Crippen LogP contribution < -0.4 is 11.1 Å². The Labute approximate surface area is 161 Å². The maximum absolute atomic E-state index is 13.0. The highest BCUT2D eigenvalue weighted by atomic mass is 35.5. The van der Waals surface area contributed by atoms with Crippen molar-refractivity contribution in [3.05, 3.63) is 75.4 Å². The van der Waals surface area contributed by atoms with Crippen molar-refractivity contribution in [2.45, 2.75) is 25.8 Å². The van der Waals surface area contributed by atoms with Crippen LogP contribution in [0.2, 0.25) is 5.02 Å². The molecule has 0 radical (unpaired) electrons. The summed E-state index contributed by atoms with van der Waals surface area (Å²) in [6.45, 7) is 0.358. The highest BCUT2D eigenvalue weighted by molar-refractivity contribution is 6.31. The van der Waals surface area contributed by atoms with E-state index in [1.807, 2.05) is 6.07 Å². The van der Waals surface area contributed by atoms with Crippen LogP contribution in [-0.2, 0) is 19.4 Å². The molecular formula is C21H18ClN3O2. The molecule has 3 N–H and O–H groups in total. The summed E-state index contributed by atoms with van der Waals surface area (Å²) < 4.78 is 0. The second-order valence-electron chi connectivity index (χ2n) is 6.67. The summed E-state index contributed by atoms with van der Waals surface area (Å²) in [5.41, 5.74) is 10.1. The molecule has 5 nitrogen and oxygen atoms in total. The van der Waals surface area contributed by atoms with Gasteiger partial charge in [-0.1, -0.05) is 23.7 Å². The number of aromatic nitrogens is 1. The molecule has 0 unspecified atom stereocenters. The van der Waals surface area contributed by atoms with Crippen molar-refractivity contribution in [3.63, 3.8) is 0 Å². The minimum Gasteiger partial charge on any atom is -0.366 e. The van der Waals surface area contributed by atoms with Crippen LogP contribution in [-0.4, -0.2) is 16.8 Å². The van der Waals surface area contributed by atoms with Crippen molar-refractivity contribution in [3.8, 4) is 0 Å². The average Bonchev–Trinajstić information content (AvgIpc) is 3.12. The number of hydrogen-bond acceptors (Lipinski definition) is 3. The Morgan fingerprint density at radius 2 is 1.89 bits per heavy atom. The third kappa shape index (κ3) is 3.38. The Hall–Kier alpha value is -2.92. The third-order valence-electron chi connectivity index (χ3n) is 4.89. The van der Waals surface area contributed by atoms with Gasteiger partial charge in [0.15, 0.2) is 0 Å². The number of benzene rings is 2. The fourth-order valence-electron chi connectivity index (χ4n) is 3.55. The van der Waals surface area contributed by atoms with Gasteiger partial charge in [0.25, 0.3) is 5.91 Å². The topological polar surface area (TPSA) is 85.1 Å². The summed E-state index contributed by atoms with van der Waals surface area (Å²) in [6, 6.07) is 12.3. The van der Waals surface area contributed by atoms with Gasteiger partial charge < -0.3 is 11.1 Å². The lowest BCUT2D eigenvalue weighted by Crippen LogP contribution is -2.24. The van der Waals surface area contributed by atoms with E-state index < -0.39 is 5.91 Å². The molecule has 1 heterocycles. The standard InChI is InChI=1S/C21H18ClN3O2/c22-14-8-9-18-16(10-14)19(15-2-1-3-17(15)25-18)21(27)24-11-12-4-6-13(7-5-12)20(23)26/h4-10H,1-3,11H2,(H2,23,26)(H,24,27). The summed E-state index contributed by atoms with van der Waals surface area (Å²) in [5.74, 6) is -0.608. The molecule has 2 amide bonds. The molecule has 0 atom stereocenters. The van der Waals surface area contributed by atoms with Gasteiger partial charge in [0.2, 0.25) is 5.91 Å². The zero-order valence-corrected chi connectivity index (χ0v) is 15.3. The van der Waals surface area contributed by atoms with E-state index in [-0.39, 0.29) is 5.91 Å². The quantitative estimate of drug-likeness (QED) is 0.728. The molecule has 1 aromatic heterocycles. The van der Waals surface area contributed by atoms with Gasteiger partial charge in [-0.2, -0.15) is 0 Å². The van der Waals surface area contributed by atoms with E-state index in [1.54, 1.807) is 36.4 Å². The van der Waals surface area contributed by atoms with Crippen molar-refractivity contribution in [1.29, 1.82) is 0 Å². The summed E-state index contributed by atoms with van der Waals surface area (Å²) in [6.07, 6.45) is 2.74. The van der Waals surface area contributed by atoms with Gasteiger partial charge in [-0.3, -0.25) is 14.6 Å². The van der Waals surface area contributed by atoms with Gasteiger partial charge in [-0.15, -0.1) is 0 Å². The van der Waals surface area contributed by atoms with Gasteiger partial charge in [0.05, 0.1) is 11.1 Å². The van der Waals surface area contributed by atoms with Crippen molar-refractivity contribution in [2.24, 2.45) is 5.73 Å². The Kier molecular flexibility index (Phi) is 4.54. The van der Waals surface area contributed by atoms with Crippen molar-refractivity contribution >= 4 is 34.3 Å². The van der Waals surface area contributed by atoms with Crippen molar-refractivity contribution in [2.75, 3.05) is 0 Å². The first kappa shape index (κ1) is 17.5. The number of nitrogens with zero attached hydrogens (tertiary/aromatic N) is 1. The van der Waals surface area contributed by atoms with Crippen molar-refractivity contribution < 1.29 is 9.59 Å². The molecule has 4 rings (SSSR count). The second-order valence-corrected chi connectivity index (χ2v) is 7.11. The van der Waals surface area contributed by atoms with Crippen molar-refractivity contribution in [1.82, 2.24) is 10.3 Å². The van der Waals surface area contributed by atoms with Crippen LogP contribution in [0.1, 0.15) is 44.0 Å². The molecule has 0 saturated heterocycles. The van der Waals surface area contributed by atoms with E-state index in [2.05, 4.69) is 5.32 Å². The summed E-state index contributed by atoms with van der Waals surface area (Å²) in [5, 5.41) is 4.34. The van der Waals surface area contributed by atoms with E-state index in [4.69, 9.17) is 22.3 Å². The maximum atomic E-state index is 13.0. The van der Waals surface area contributed by atoms with Crippen LogP contribution in [0, 0.1) is 0 Å². The highest BCUT2D eigenvalue weighted by Gasteiger charge is 2.23. The number of nitrogens with two attached hydrogens (primary N) is 1. The number of carbonyl (C=O) groups is 2. The van der Waals surface area contributed by atoms with Crippen LogP contribution >= 0.6 is 11.6 Å². The number of rotatable bonds is 4. The van der Waals surface area contributed by atoms with Gasteiger partial charge >= 0.3 is 0 Å². The van der Waals surface area contributed by atoms with Crippen LogP contribution in [0.3, 0.4) is 0 Å². The molecule has 3 aromatic rings. The summed E-state index contributed by atoms with van der Waals surface area (Å²) in [4.78, 5) is 28.9. The monoisotopic (exact) mass is 379 g/mol. The number of carbonyl (C=O) groups excluding carboxylic acids is 2. The number of nitrogens with one attached hydrogen (secondary N) is 1.